The smallest absolute Gasteiger partial charge is 0.254 e. The molecular weight excluding hydrogens is 236 g/mol. The van der Waals surface area contributed by atoms with Crippen LogP contribution in [0, 0.1) is 0 Å². The molecule has 0 radical (unpaired) electrons. The zero-order chi connectivity index (χ0) is 13.8. The SMILES string of the molecule is C[C@@H]1CCC[C@H](C)N1C(=O)c1cccc(CCN)c1. The maximum absolute atomic E-state index is 12.7. The molecule has 3 heteroatoms. The van der Waals surface area contributed by atoms with Gasteiger partial charge in [-0.2, -0.15) is 0 Å². The van der Waals surface area contributed by atoms with Crippen LogP contribution in [0.5, 0.6) is 0 Å². The van der Waals surface area contributed by atoms with E-state index < -0.39 is 0 Å². The number of piperidine rings is 1. The van der Waals surface area contributed by atoms with Gasteiger partial charge in [0.1, 0.15) is 0 Å². The third kappa shape index (κ3) is 3.16. The second-order valence-corrected chi connectivity index (χ2v) is 5.58. The van der Waals surface area contributed by atoms with Crippen molar-refractivity contribution < 1.29 is 4.79 Å². The Morgan fingerprint density at radius 3 is 2.63 bits per heavy atom. The Labute approximate surface area is 115 Å². The molecule has 0 bridgehead atoms. The minimum atomic E-state index is 0.165. The van der Waals surface area contributed by atoms with E-state index >= 15 is 0 Å². The fraction of sp³-hybridized carbons (Fsp3) is 0.562. The lowest BCUT2D eigenvalue weighted by molar-refractivity contribution is 0.0510. The van der Waals surface area contributed by atoms with E-state index in [9.17, 15) is 4.79 Å². The molecule has 0 aromatic heterocycles. The number of hydrogen-bond donors (Lipinski definition) is 1. The fourth-order valence-electron chi connectivity index (χ4n) is 3.00. The standard InChI is InChI=1S/C16H24N2O/c1-12-5-3-6-13(2)18(12)16(19)15-8-4-7-14(11-15)9-10-17/h4,7-8,11-13H,3,5-6,9-10,17H2,1-2H3/t12-,13+. The van der Waals surface area contributed by atoms with E-state index in [1.54, 1.807) is 0 Å². The highest BCUT2D eigenvalue weighted by Crippen LogP contribution is 2.24. The summed E-state index contributed by atoms with van der Waals surface area (Å²) in [4.78, 5) is 14.7. The van der Waals surface area contributed by atoms with Crippen LogP contribution < -0.4 is 5.73 Å². The summed E-state index contributed by atoms with van der Waals surface area (Å²) in [5.74, 6) is 0.165. The van der Waals surface area contributed by atoms with Crippen LogP contribution in [-0.4, -0.2) is 29.4 Å². The molecule has 1 heterocycles. The van der Waals surface area contributed by atoms with Crippen molar-refractivity contribution in [2.24, 2.45) is 5.73 Å². The maximum Gasteiger partial charge on any atom is 0.254 e. The van der Waals surface area contributed by atoms with Gasteiger partial charge < -0.3 is 10.6 Å². The first-order valence-corrected chi connectivity index (χ1v) is 7.25. The molecule has 3 nitrogen and oxygen atoms in total. The second-order valence-electron chi connectivity index (χ2n) is 5.58. The Morgan fingerprint density at radius 1 is 1.32 bits per heavy atom. The van der Waals surface area contributed by atoms with Crippen LogP contribution in [0.4, 0.5) is 0 Å². The van der Waals surface area contributed by atoms with Crippen LogP contribution in [0.2, 0.25) is 0 Å². The van der Waals surface area contributed by atoms with Crippen molar-refractivity contribution >= 4 is 5.91 Å². The van der Waals surface area contributed by atoms with E-state index in [1.165, 1.54) is 6.42 Å². The predicted molar refractivity (Wildman–Crippen MR) is 78.1 cm³/mol. The second kappa shape index (κ2) is 6.20. The third-order valence-electron chi connectivity index (χ3n) is 4.03. The number of likely N-dealkylation sites (tertiary alicyclic amines) is 1. The topological polar surface area (TPSA) is 46.3 Å². The lowest BCUT2D eigenvalue weighted by Gasteiger charge is -2.39. The van der Waals surface area contributed by atoms with Gasteiger partial charge in [0.25, 0.3) is 5.91 Å². The summed E-state index contributed by atoms with van der Waals surface area (Å²) in [6, 6.07) is 8.58. The zero-order valence-corrected chi connectivity index (χ0v) is 11.9. The molecule has 1 fully saturated rings. The Hall–Kier alpha value is -1.35. The number of rotatable bonds is 3. The molecule has 104 valence electrons. The molecule has 2 rings (SSSR count). The van der Waals surface area contributed by atoms with Crippen LogP contribution in [0.3, 0.4) is 0 Å². The molecule has 2 atom stereocenters. The predicted octanol–water partition coefficient (Wildman–Crippen LogP) is 2.59. The molecule has 1 amide bonds. The molecular formula is C16H24N2O. The van der Waals surface area contributed by atoms with Crippen LogP contribution in [0.1, 0.15) is 49.0 Å². The molecule has 1 saturated heterocycles. The quantitative estimate of drug-likeness (QED) is 0.908. The first-order valence-electron chi connectivity index (χ1n) is 7.25. The third-order valence-corrected chi connectivity index (χ3v) is 4.03. The van der Waals surface area contributed by atoms with Crippen molar-refractivity contribution in [3.8, 4) is 0 Å². The first-order chi connectivity index (χ1) is 9.13. The summed E-state index contributed by atoms with van der Waals surface area (Å²) in [6.07, 6.45) is 4.27. The minimum absolute atomic E-state index is 0.165. The van der Waals surface area contributed by atoms with Gasteiger partial charge in [0.15, 0.2) is 0 Å². The summed E-state index contributed by atoms with van der Waals surface area (Å²) in [5, 5.41) is 0. The summed E-state index contributed by atoms with van der Waals surface area (Å²) >= 11 is 0. The van der Waals surface area contributed by atoms with Gasteiger partial charge in [-0.15, -0.1) is 0 Å². The highest BCUT2D eigenvalue weighted by Gasteiger charge is 2.29. The van der Waals surface area contributed by atoms with Crippen molar-refractivity contribution in [1.82, 2.24) is 4.90 Å². The summed E-state index contributed by atoms with van der Waals surface area (Å²) < 4.78 is 0. The molecule has 1 aliphatic rings. The Balaban J connectivity index is 2.20. The normalized spacial score (nSPS) is 23.4. The van der Waals surface area contributed by atoms with Crippen LogP contribution in [0.15, 0.2) is 24.3 Å². The molecule has 1 aromatic carbocycles. The van der Waals surface area contributed by atoms with Crippen molar-refractivity contribution in [1.29, 1.82) is 0 Å². The van der Waals surface area contributed by atoms with Gasteiger partial charge in [0, 0.05) is 17.6 Å². The van der Waals surface area contributed by atoms with E-state index in [0.29, 0.717) is 18.6 Å². The first kappa shape index (κ1) is 14.1. The Morgan fingerprint density at radius 2 is 2.00 bits per heavy atom. The molecule has 0 saturated carbocycles. The molecule has 1 aliphatic heterocycles. The number of carbonyl (C=O) groups is 1. The van der Waals surface area contributed by atoms with Gasteiger partial charge in [-0.25, -0.2) is 0 Å². The average Bonchev–Trinajstić information content (AvgIpc) is 2.39. The Kier molecular flexibility index (Phi) is 4.59. The minimum Gasteiger partial charge on any atom is -0.333 e. The highest BCUT2D eigenvalue weighted by molar-refractivity contribution is 5.94. The number of benzene rings is 1. The molecule has 19 heavy (non-hydrogen) atoms. The van der Waals surface area contributed by atoms with Gasteiger partial charge in [-0.3, -0.25) is 4.79 Å². The van der Waals surface area contributed by atoms with Gasteiger partial charge in [0.05, 0.1) is 0 Å². The maximum atomic E-state index is 12.7. The summed E-state index contributed by atoms with van der Waals surface area (Å²) in [7, 11) is 0. The van der Waals surface area contributed by atoms with E-state index in [2.05, 4.69) is 13.8 Å². The molecule has 0 unspecified atom stereocenters. The number of carbonyl (C=O) groups excluding carboxylic acids is 1. The van der Waals surface area contributed by atoms with Crippen molar-refractivity contribution in [3.05, 3.63) is 35.4 Å². The molecule has 1 aromatic rings. The number of nitrogens with two attached hydrogens (primary N) is 1. The molecule has 2 N–H and O–H groups in total. The van der Waals surface area contributed by atoms with Crippen LogP contribution in [0.25, 0.3) is 0 Å². The van der Waals surface area contributed by atoms with E-state index in [-0.39, 0.29) is 5.91 Å². The summed E-state index contributed by atoms with van der Waals surface area (Å²) in [6.45, 7) is 4.92. The van der Waals surface area contributed by atoms with Gasteiger partial charge in [-0.05, 0) is 63.8 Å². The molecule has 0 aliphatic carbocycles. The molecule has 0 spiro atoms. The van der Waals surface area contributed by atoms with Crippen LogP contribution >= 0.6 is 0 Å². The lowest BCUT2D eigenvalue weighted by atomic mass is 9.96. The van der Waals surface area contributed by atoms with Crippen molar-refractivity contribution in [3.63, 3.8) is 0 Å². The van der Waals surface area contributed by atoms with E-state index in [0.717, 1.165) is 30.4 Å². The average molecular weight is 260 g/mol. The number of amides is 1. The number of nitrogens with zero attached hydrogens (tertiary/aromatic N) is 1. The van der Waals surface area contributed by atoms with Gasteiger partial charge in [-0.1, -0.05) is 12.1 Å². The van der Waals surface area contributed by atoms with Gasteiger partial charge in [0.2, 0.25) is 0 Å². The lowest BCUT2D eigenvalue weighted by Crippen LogP contribution is -2.47. The highest BCUT2D eigenvalue weighted by atomic mass is 16.2. The largest absolute Gasteiger partial charge is 0.333 e. The summed E-state index contributed by atoms with van der Waals surface area (Å²) in [5.41, 5.74) is 7.52. The fourth-order valence-corrected chi connectivity index (χ4v) is 3.00. The van der Waals surface area contributed by atoms with Gasteiger partial charge >= 0.3 is 0 Å². The van der Waals surface area contributed by atoms with Crippen LogP contribution in [-0.2, 0) is 6.42 Å². The van der Waals surface area contributed by atoms with Crippen molar-refractivity contribution in [2.75, 3.05) is 6.54 Å². The Bertz CT molecular complexity index is 434. The van der Waals surface area contributed by atoms with E-state index in [1.807, 2.05) is 29.2 Å². The number of hydrogen-bond acceptors (Lipinski definition) is 2. The monoisotopic (exact) mass is 260 g/mol. The van der Waals surface area contributed by atoms with E-state index in [4.69, 9.17) is 5.73 Å². The van der Waals surface area contributed by atoms with Crippen molar-refractivity contribution in [2.45, 2.75) is 51.6 Å². The zero-order valence-electron chi connectivity index (χ0n) is 11.9.